The van der Waals surface area contributed by atoms with Gasteiger partial charge in [-0.25, -0.2) is 0 Å². The summed E-state index contributed by atoms with van der Waals surface area (Å²) < 4.78 is 0. The van der Waals surface area contributed by atoms with E-state index in [9.17, 15) is 0 Å². The van der Waals surface area contributed by atoms with Crippen LogP contribution in [0.3, 0.4) is 0 Å². The fourth-order valence-electron chi connectivity index (χ4n) is 1.98. The zero-order valence-electron chi connectivity index (χ0n) is 9.06. The van der Waals surface area contributed by atoms with Gasteiger partial charge in [-0.15, -0.1) is 0 Å². The zero-order valence-corrected chi connectivity index (χ0v) is 9.06. The second-order valence-corrected chi connectivity index (χ2v) is 3.81. The topological polar surface area (TPSA) is 12.0 Å². The van der Waals surface area contributed by atoms with Gasteiger partial charge < -0.3 is 5.32 Å². The predicted octanol–water partition coefficient (Wildman–Crippen LogP) is 2.90. The van der Waals surface area contributed by atoms with E-state index in [1.807, 2.05) is 7.05 Å². The van der Waals surface area contributed by atoms with Crippen LogP contribution in [0.15, 0.2) is 23.3 Å². The van der Waals surface area contributed by atoms with Crippen LogP contribution >= 0.6 is 0 Å². The van der Waals surface area contributed by atoms with E-state index in [2.05, 4.69) is 31.3 Å². The normalized spacial score (nSPS) is 23.5. The smallest absolute Gasteiger partial charge is 0.00141 e. The standard InChI is InChI=1S/C12H21N/c1-4-5-6-11-7-8-12(9-13-3)10(11)2/h5-6,12-13H,4,7-9H2,1-3H3/b6-5-. The Kier molecular flexibility index (Phi) is 4.23. The summed E-state index contributed by atoms with van der Waals surface area (Å²) in [5.41, 5.74) is 3.17. The molecule has 1 nitrogen and oxygen atoms in total. The Balaban J connectivity index is 2.59. The molecule has 0 heterocycles. The largest absolute Gasteiger partial charge is 0.319 e. The van der Waals surface area contributed by atoms with E-state index in [0.29, 0.717) is 0 Å². The van der Waals surface area contributed by atoms with Crippen molar-refractivity contribution >= 4 is 0 Å². The second-order valence-electron chi connectivity index (χ2n) is 3.81. The first-order valence-corrected chi connectivity index (χ1v) is 5.30. The molecule has 0 aromatic heterocycles. The van der Waals surface area contributed by atoms with Gasteiger partial charge in [0, 0.05) is 6.54 Å². The third kappa shape index (κ3) is 2.70. The Bertz CT molecular complexity index is 213. The van der Waals surface area contributed by atoms with Crippen LogP contribution in [0.2, 0.25) is 0 Å². The van der Waals surface area contributed by atoms with Crippen LogP contribution in [-0.4, -0.2) is 13.6 Å². The van der Waals surface area contributed by atoms with Crippen LogP contribution in [0, 0.1) is 5.92 Å². The predicted molar refractivity (Wildman–Crippen MR) is 58.8 cm³/mol. The highest BCUT2D eigenvalue weighted by Crippen LogP contribution is 2.31. The minimum absolute atomic E-state index is 0.779. The van der Waals surface area contributed by atoms with Gasteiger partial charge in [-0.3, -0.25) is 0 Å². The summed E-state index contributed by atoms with van der Waals surface area (Å²) in [6.45, 7) is 5.60. The minimum atomic E-state index is 0.779. The van der Waals surface area contributed by atoms with Crippen molar-refractivity contribution in [3.8, 4) is 0 Å². The lowest BCUT2D eigenvalue weighted by molar-refractivity contribution is 0.563. The maximum absolute atomic E-state index is 3.26. The Labute approximate surface area is 81.9 Å². The van der Waals surface area contributed by atoms with Crippen molar-refractivity contribution in [2.24, 2.45) is 5.92 Å². The molecule has 0 saturated heterocycles. The molecule has 74 valence electrons. The Hall–Kier alpha value is -0.560. The van der Waals surface area contributed by atoms with Crippen molar-refractivity contribution in [1.29, 1.82) is 0 Å². The summed E-state index contributed by atoms with van der Waals surface area (Å²) >= 11 is 0. The van der Waals surface area contributed by atoms with Gasteiger partial charge in [0.2, 0.25) is 0 Å². The molecule has 1 rings (SSSR count). The lowest BCUT2D eigenvalue weighted by Crippen LogP contribution is -2.17. The molecule has 0 saturated carbocycles. The average Bonchev–Trinajstić information content (AvgIpc) is 2.46. The zero-order chi connectivity index (χ0) is 9.68. The van der Waals surface area contributed by atoms with Crippen molar-refractivity contribution < 1.29 is 0 Å². The molecule has 1 atom stereocenters. The van der Waals surface area contributed by atoms with E-state index in [-0.39, 0.29) is 0 Å². The first-order chi connectivity index (χ1) is 6.29. The van der Waals surface area contributed by atoms with Crippen molar-refractivity contribution in [1.82, 2.24) is 5.32 Å². The molecule has 1 aliphatic carbocycles. The Morgan fingerprint density at radius 2 is 2.31 bits per heavy atom. The molecule has 0 amide bonds. The molecule has 0 radical (unpaired) electrons. The van der Waals surface area contributed by atoms with Gasteiger partial charge in [0.1, 0.15) is 0 Å². The quantitative estimate of drug-likeness (QED) is 0.699. The minimum Gasteiger partial charge on any atom is -0.319 e. The van der Waals surface area contributed by atoms with E-state index >= 15 is 0 Å². The van der Waals surface area contributed by atoms with E-state index in [1.165, 1.54) is 12.8 Å². The molecular formula is C12H21N. The number of allylic oxidation sites excluding steroid dienone is 3. The average molecular weight is 179 g/mol. The molecule has 0 fully saturated rings. The van der Waals surface area contributed by atoms with Crippen molar-refractivity contribution in [2.45, 2.75) is 33.1 Å². The molecule has 0 aliphatic heterocycles. The lowest BCUT2D eigenvalue weighted by Gasteiger charge is -2.09. The fraction of sp³-hybridized carbons (Fsp3) is 0.667. The van der Waals surface area contributed by atoms with Gasteiger partial charge in [0.15, 0.2) is 0 Å². The lowest BCUT2D eigenvalue weighted by atomic mass is 10.0. The number of hydrogen-bond acceptors (Lipinski definition) is 1. The first-order valence-electron chi connectivity index (χ1n) is 5.30. The molecule has 0 bridgehead atoms. The Morgan fingerprint density at radius 1 is 1.54 bits per heavy atom. The first kappa shape index (κ1) is 10.5. The van der Waals surface area contributed by atoms with E-state index in [0.717, 1.165) is 18.9 Å². The van der Waals surface area contributed by atoms with Gasteiger partial charge in [0.05, 0.1) is 0 Å². The maximum Gasteiger partial charge on any atom is 0.00141 e. The van der Waals surface area contributed by atoms with Gasteiger partial charge in [-0.1, -0.05) is 24.6 Å². The highest BCUT2D eigenvalue weighted by molar-refractivity contribution is 5.30. The second kappa shape index (κ2) is 5.23. The van der Waals surface area contributed by atoms with Crippen molar-refractivity contribution in [2.75, 3.05) is 13.6 Å². The molecule has 1 heteroatoms. The molecule has 1 N–H and O–H groups in total. The van der Waals surface area contributed by atoms with E-state index in [4.69, 9.17) is 0 Å². The van der Waals surface area contributed by atoms with Gasteiger partial charge in [-0.05, 0) is 44.7 Å². The highest BCUT2D eigenvalue weighted by atomic mass is 14.8. The number of rotatable bonds is 4. The van der Waals surface area contributed by atoms with Crippen LogP contribution < -0.4 is 5.32 Å². The molecule has 0 spiro atoms. The SMILES string of the molecule is CC/C=C\C1=C(C)C(CNC)CC1. The fourth-order valence-corrected chi connectivity index (χ4v) is 1.98. The van der Waals surface area contributed by atoms with Crippen molar-refractivity contribution in [3.05, 3.63) is 23.3 Å². The Morgan fingerprint density at radius 3 is 2.92 bits per heavy atom. The van der Waals surface area contributed by atoms with Crippen LogP contribution in [0.4, 0.5) is 0 Å². The van der Waals surface area contributed by atoms with Crippen LogP contribution in [0.1, 0.15) is 33.1 Å². The van der Waals surface area contributed by atoms with Crippen molar-refractivity contribution in [3.63, 3.8) is 0 Å². The summed E-state index contributed by atoms with van der Waals surface area (Å²) in [7, 11) is 2.03. The molecule has 0 aromatic rings. The number of nitrogens with one attached hydrogen (secondary N) is 1. The third-order valence-corrected chi connectivity index (χ3v) is 2.89. The molecule has 13 heavy (non-hydrogen) atoms. The summed E-state index contributed by atoms with van der Waals surface area (Å²) in [5, 5.41) is 3.26. The summed E-state index contributed by atoms with van der Waals surface area (Å²) in [6.07, 6.45) is 8.32. The van der Waals surface area contributed by atoms with E-state index in [1.54, 1.807) is 11.1 Å². The van der Waals surface area contributed by atoms with Gasteiger partial charge in [0.25, 0.3) is 0 Å². The molecule has 1 aliphatic rings. The summed E-state index contributed by atoms with van der Waals surface area (Å²) in [4.78, 5) is 0. The molecule has 1 unspecified atom stereocenters. The number of hydrogen-bond donors (Lipinski definition) is 1. The molecular weight excluding hydrogens is 158 g/mol. The third-order valence-electron chi connectivity index (χ3n) is 2.89. The van der Waals surface area contributed by atoms with Crippen LogP contribution in [0.5, 0.6) is 0 Å². The van der Waals surface area contributed by atoms with Gasteiger partial charge >= 0.3 is 0 Å². The monoisotopic (exact) mass is 179 g/mol. The summed E-state index contributed by atoms with van der Waals surface area (Å²) in [5.74, 6) is 0.779. The van der Waals surface area contributed by atoms with Crippen LogP contribution in [-0.2, 0) is 0 Å². The maximum atomic E-state index is 3.26. The van der Waals surface area contributed by atoms with Gasteiger partial charge in [-0.2, -0.15) is 0 Å². The van der Waals surface area contributed by atoms with Crippen LogP contribution in [0.25, 0.3) is 0 Å². The molecule has 0 aromatic carbocycles. The highest BCUT2D eigenvalue weighted by Gasteiger charge is 2.19. The van der Waals surface area contributed by atoms with E-state index < -0.39 is 0 Å². The summed E-state index contributed by atoms with van der Waals surface area (Å²) in [6, 6.07) is 0.